The van der Waals surface area contributed by atoms with E-state index in [0.717, 1.165) is 0 Å². The van der Waals surface area contributed by atoms with E-state index in [9.17, 15) is 18.5 Å². The summed E-state index contributed by atoms with van der Waals surface area (Å²) in [5.74, 6) is -0.720. The third-order valence-corrected chi connectivity index (χ3v) is 6.07. The van der Waals surface area contributed by atoms with Gasteiger partial charge in [0.15, 0.2) is 9.84 Å². The minimum Gasteiger partial charge on any atom is -0.384 e. The van der Waals surface area contributed by atoms with Crippen LogP contribution in [0.25, 0.3) is 0 Å². The topological polar surface area (TPSA) is 86.5 Å². The molecule has 0 heterocycles. The molecule has 1 aliphatic carbocycles. The highest BCUT2D eigenvalue weighted by Crippen LogP contribution is 2.39. The number of benzene rings is 1. The van der Waals surface area contributed by atoms with Crippen molar-refractivity contribution in [3.63, 3.8) is 0 Å². The summed E-state index contributed by atoms with van der Waals surface area (Å²) >= 11 is 0. The summed E-state index contributed by atoms with van der Waals surface area (Å²) in [5, 5.41) is 10.2. The lowest BCUT2D eigenvalue weighted by atomic mass is 10.1. The van der Waals surface area contributed by atoms with Crippen LogP contribution in [0.1, 0.15) is 6.42 Å². The van der Waals surface area contributed by atoms with E-state index in [1.807, 2.05) is 0 Å². The van der Waals surface area contributed by atoms with Gasteiger partial charge < -0.3 is 4.74 Å². The zero-order valence-corrected chi connectivity index (χ0v) is 12.5. The SMILES string of the molecule is C=C1C[C@H]([N+](=O)[O-])[C@@H](COC)[C@@H]1S(=O)(=O)c1ccccc1. The maximum Gasteiger partial charge on any atom is 0.223 e. The van der Waals surface area contributed by atoms with E-state index in [4.69, 9.17) is 4.74 Å². The number of nitro groups is 1. The molecule has 0 spiro atoms. The maximum absolute atomic E-state index is 12.8. The van der Waals surface area contributed by atoms with Crippen LogP contribution in [-0.4, -0.2) is 38.3 Å². The molecule has 1 aliphatic rings. The molecule has 1 aromatic rings. The summed E-state index contributed by atoms with van der Waals surface area (Å²) in [6.45, 7) is 3.77. The van der Waals surface area contributed by atoms with Crippen LogP contribution in [0, 0.1) is 16.0 Å². The van der Waals surface area contributed by atoms with Gasteiger partial charge in [-0.1, -0.05) is 30.4 Å². The molecule has 0 saturated heterocycles. The van der Waals surface area contributed by atoms with Crippen LogP contribution in [0.5, 0.6) is 0 Å². The molecule has 21 heavy (non-hydrogen) atoms. The number of rotatable bonds is 5. The fourth-order valence-electron chi connectivity index (χ4n) is 2.87. The van der Waals surface area contributed by atoms with Crippen LogP contribution in [0.2, 0.25) is 0 Å². The van der Waals surface area contributed by atoms with Crippen molar-refractivity contribution in [2.75, 3.05) is 13.7 Å². The Morgan fingerprint density at radius 1 is 1.38 bits per heavy atom. The molecule has 0 unspecified atom stereocenters. The van der Waals surface area contributed by atoms with Crippen LogP contribution in [0.3, 0.4) is 0 Å². The van der Waals surface area contributed by atoms with E-state index in [2.05, 4.69) is 6.58 Å². The van der Waals surface area contributed by atoms with E-state index in [-0.39, 0.29) is 17.9 Å². The molecular weight excluding hydrogens is 294 g/mol. The molecule has 0 amide bonds. The first-order chi connectivity index (χ1) is 9.89. The molecule has 0 aromatic heterocycles. The third-order valence-electron chi connectivity index (χ3n) is 3.79. The Balaban J connectivity index is 2.45. The Labute approximate surface area is 123 Å². The molecule has 1 fully saturated rings. The minimum absolute atomic E-state index is 0.0153. The van der Waals surface area contributed by atoms with Gasteiger partial charge in [0, 0.05) is 18.5 Å². The van der Waals surface area contributed by atoms with Gasteiger partial charge in [0.2, 0.25) is 6.04 Å². The fourth-order valence-corrected chi connectivity index (χ4v) is 4.95. The summed E-state index contributed by atoms with van der Waals surface area (Å²) < 4.78 is 30.5. The average Bonchev–Trinajstić information content (AvgIpc) is 2.78. The van der Waals surface area contributed by atoms with Crippen LogP contribution in [-0.2, 0) is 14.6 Å². The van der Waals surface area contributed by atoms with Gasteiger partial charge in [0.05, 0.1) is 22.7 Å². The number of hydrogen-bond donors (Lipinski definition) is 0. The highest BCUT2D eigenvalue weighted by Gasteiger charge is 2.52. The van der Waals surface area contributed by atoms with Crippen molar-refractivity contribution in [1.82, 2.24) is 0 Å². The van der Waals surface area contributed by atoms with E-state index in [1.165, 1.54) is 19.2 Å². The van der Waals surface area contributed by atoms with E-state index in [1.54, 1.807) is 18.2 Å². The largest absolute Gasteiger partial charge is 0.384 e. The molecular formula is C14H17NO5S. The lowest BCUT2D eigenvalue weighted by Crippen LogP contribution is -2.37. The summed E-state index contributed by atoms with van der Waals surface area (Å²) in [6, 6.07) is 6.98. The van der Waals surface area contributed by atoms with Gasteiger partial charge in [-0.25, -0.2) is 8.42 Å². The smallest absolute Gasteiger partial charge is 0.223 e. The zero-order valence-electron chi connectivity index (χ0n) is 11.6. The lowest BCUT2D eigenvalue weighted by molar-refractivity contribution is -0.528. The predicted octanol–water partition coefficient (Wildman–Crippen LogP) is 1.70. The van der Waals surface area contributed by atoms with Crippen molar-refractivity contribution in [1.29, 1.82) is 0 Å². The average molecular weight is 311 g/mol. The Bertz CT molecular complexity index is 641. The summed E-state index contributed by atoms with van der Waals surface area (Å²) in [4.78, 5) is 10.9. The van der Waals surface area contributed by atoms with E-state index >= 15 is 0 Å². The molecule has 3 atom stereocenters. The van der Waals surface area contributed by atoms with Gasteiger partial charge in [-0.2, -0.15) is 0 Å². The predicted molar refractivity (Wildman–Crippen MR) is 77.3 cm³/mol. The molecule has 0 bridgehead atoms. The van der Waals surface area contributed by atoms with Gasteiger partial charge in [-0.3, -0.25) is 10.1 Å². The minimum atomic E-state index is -3.71. The van der Waals surface area contributed by atoms with Gasteiger partial charge in [0.25, 0.3) is 0 Å². The second-order valence-corrected chi connectivity index (χ2v) is 7.18. The Morgan fingerprint density at radius 3 is 2.52 bits per heavy atom. The second kappa shape index (κ2) is 5.95. The first kappa shape index (κ1) is 15.7. The fraction of sp³-hybridized carbons (Fsp3) is 0.429. The molecule has 114 valence electrons. The molecule has 1 saturated carbocycles. The van der Waals surface area contributed by atoms with Crippen LogP contribution in [0.15, 0.2) is 47.4 Å². The molecule has 7 heteroatoms. The van der Waals surface area contributed by atoms with Gasteiger partial charge in [0.1, 0.15) is 0 Å². The first-order valence-electron chi connectivity index (χ1n) is 6.48. The number of nitrogens with zero attached hydrogens (tertiary/aromatic N) is 1. The van der Waals surface area contributed by atoms with Gasteiger partial charge in [-0.05, 0) is 12.1 Å². The Morgan fingerprint density at radius 2 is 2.00 bits per heavy atom. The van der Waals surface area contributed by atoms with Crippen molar-refractivity contribution in [3.05, 3.63) is 52.6 Å². The van der Waals surface area contributed by atoms with Crippen molar-refractivity contribution < 1.29 is 18.1 Å². The van der Waals surface area contributed by atoms with Crippen LogP contribution in [0.4, 0.5) is 0 Å². The maximum atomic E-state index is 12.8. The standard InChI is InChI=1S/C14H17NO5S/c1-10-8-13(15(16)17)12(9-20-2)14(10)21(18,19)11-6-4-3-5-7-11/h3-7,12-14H,1,8-9H2,2H3/t12-,13+,14-/m1/s1. The van der Waals surface area contributed by atoms with Crippen molar-refractivity contribution >= 4 is 9.84 Å². The highest BCUT2D eigenvalue weighted by atomic mass is 32.2. The second-order valence-electron chi connectivity index (χ2n) is 5.11. The van der Waals surface area contributed by atoms with Crippen molar-refractivity contribution in [3.8, 4) is 0 Å². The normalized spacial score (nSPS) is 26.0. The number of methoxy groups -OCH3 is 1. The summed E-state index contributed by atoms with van der Waals surface area (Å²) in [7, 11) is -2.30. The third kappa shape index (κ3) is 2.84. The van der Waals surface area contributed by atoms with Gasteiger partial charge in [-0.15, -0.1) is 0 Å². The van der Waals surface area contributed by atoms with E-state index < -0.39 is 32.0 Å². The molecule has 0 N–H and O–H groups in total. The number of hydrogen-bond acceptors (Lipinski definition) is 5. The molecule has 0 radical (unpaired) electrons. The van der Waals surface area contributed by atoms with Crippen LogP contribution >= 0.6 is 0 Å². The van der Waals surface area contributed by atoms with Crippen molar-refractivity contribution in [2.45, 2.75) is 22.6 Å². The Kier molecular flexibility index (Phi) is 4.43. The highest BCUT2D eigenvalue weighted by molar-refractivity contribution is 7.92. The van der Waals surface area contributed by atoms with Crippen LogP contribution < -0.4 is 0 Å². The van der Waals surface area contributed by atoms with Crippen molar-refractivity contribution in [2.24, 2.45) is 5.92 Å². The zero-order chi connectivity index (χ0) is 15.6. The monoisotopic (exact) mass is 311 g/mol. The van der Waals surface area contributed by atoms with E-state index in [0.29, 0.717) is 5.57 Å². The lowest BCUT2D eigenvalue weighted by Gasteiger charge is -2.20. The molecule has 2 rings (SSSR count). The quantitative estimate of drug-likeness (QED) is 0.469. The number of sulfone groups is 1. The summed E-state index contributed by atoms with van der Waals surface area (Å²) in [6.07, 6.45) is 0.0672. The molecule has 6 nitrogen and oxygen atoms in total. The first-order valence-corrected chi connectivity index (χ1v) is 8.03. The Hall–Kier alpha value is -1.73. The van der Waals surface area contributed by atoms with Gasteiger partial charge >= 0.3 is 0 Å². The molecule has 1 aromatic carbocycles. The summed E-state index contributed by atoms with van der Waals surface area (Å²) in [5.41, 5.74) is 0.377. The molecule has 0 aliphatic heterocycles. The number of ether oxygens (including phenoxy) is 1.